The van der Waals surface area contributed by atoms with E-state index in [1.807, 2.05) is 24.3 Å². The quantitative estimate of drug-likeness (QED) is 0.913. The topological polar surface area (TPSA) is 56.4 Å². The minimum absolute atomic E-state index is 0.0797. The predicted molar refractivity (Wildman–Crippen MR) is 109 cm³/mol. The molecule has 2 aromatic rings. The monoisotopic (exact) mass is 361 g/mol. The van der Waals surface area contributed by atoms with Crippen LogP contribution in [0.3, 0.4) is 0 Å². The van der Waals surface area contributed by atoms with Crippen LogP contribution in [0.25, 0.3) is 16.7 Å². The Kier molecular flexibility index (Phi) is 4.22. The number of nitrogens with zero attached hydrogens (tertiary/aromatic N) is 2. The highest BCUT2D eigenvalue weighted by molar-refractivity contribution is 6.01. The molecule has 1 aromatic carbocycles. The molecule has 0 fully saturated rings. The van der Waals surface area contributed by atoms with Gasteiger partial charge in [-0.25, -0.2) is 0 Å². The van der Waals surface area contributed by atoms with Crippen molar-refractivity contribution < 1.29 is 4.79 Å². The zero-order valence-electron chi connectivity index (χ0n) is 15.8. The Morgan fingerprint density at radius 3 is 2.70 bits per heavy atom. The molecular formula is C22H23N3O2. The maximum atomic E-state index is 12.5. The van der Waals surface area contributed by atoms with Crippen molar-refractivity contribution in [1.82, 2.24) is 9.88 Å². The van der Waals surface area contributed by atoms with Crippen molar-refractivity contribution >= 4 is 17.2 Å². The third kappa shape index (κ3) is 3.10. The van der Waals surface area contributed by atoms with E-state index in [0.717, 1.165) is 34.5 Å². The molecule has 138 valence electrons. The Balaban J connectivity index is 1.76. The summed E-state index contributed by atoms with van der Waals surface area (Å²) in [5, 5.41) is 0. The fourth-order valence-corrected chi connectivity index (χ4v) is 3.58. The number of carbonyl (C=O) groups is 1. The van der Waals surface area contributed by atoms with Gasteiger partial charge in [-0.2, -0.15) is 0 Å². The summed E-state index contributed by atoms with van der Waals surface area (Å²) in [4.78, 5) is 31.2. The molecule has 0 saturated carbocycles. The van der Waals surface area contributed by atoms with E-state index in [9.17, 15) is 9.59 Å². The molecule has 2 aliphatic heterocycles. The summed E-state index contributed by atoms with van der Waals surface area (Å²) in [6, 6.07) is 8.14. The highest BCUT2D eigenvalue weighted by atomic mass is 16.2. The van der Waals surface area contributed by atoms with Crippen molar-refractivity contribution in [3.63, 3.8) is 0 Å². The summed E-state index contributed by atoms with van der Waals surface area (Å²) in [5.41, 5.74) is 5.22. The van der Waals surface area contributed by atoms with Gasteiger partial charge < -0.3 is 14.8 Å². The maximum absolute atomic E-state index is 12.5. The molecular weight excluding hydrogens is 338 g/mol. The molecule has 1 aromatic heterocycles. The summed E-state index contributed by atoms with van der Waals surface area (Å²) in [5.74, 6) is 0.0797. The maximum Gasteiger partial charge on any atom is 0.255 e. The van der Waals surface area contributed by atoms with Crippen LogP contribution < -0.4 is 10.5 Å². The van der Waals surface area contributed by atoms with Crippen LogP contribution >= 0.6 is 0 Å². The average Bonchev–Trinajstić information content (AvgIpc) is 2.96. The number of carbonyl (C=O) groups excluding carboxylic acids is 1. The smallest absolute Gasteiger partial charge is 0.255 e. The number of aromatic amines is 1. The van der Waals surface area contributed by atoms with Crippen LogP contribution in [0, 0.1) is 0 Å². The molecule has 0 spiro atoms. The van der Waals surface area contributed by atoms with Crippen molar-refractivity contribution in [3.05, 3.63) is 70.3 Å². The van der Waals surface area contributed by atoms with Crippen LogP contribution in [0.15, 0.2) is 53.6 Å². The van der Waals surface area contributed by atoms with E-state index < -0.39 is 0 Å². The second kappa shape index (κ2) is 6.58. The molecule has 1 N–H and O–H groups in total. The van der Waals surface area contributed by atoms with E-state index in [4.69, 9.17) is 0 Å². The van der Waals surface area contributed by atoms with Crippen molar-refractivity contribution in [1.29, 1.82) is 0 Å². The first-order valence-electron chi connectivity index (χ1n) is 9.21. The lowest BCUT2D eigenvalue weighted by Crippen LogP contribution is -2.27. The van der Waals surface area contributed by atoms with Gasteiger partial charge in [0.25, 0.3) is 5.56 Å². The fraction of sp³-hybridized carbons (Fsp3) is 0.273. The molecule has 0 saturated heterocycles. The first kappa shape index (κ1) is 17.3. The molecule has 5 nitrogen and oxygen atoms in total. The number of likely N-dealkylation sites (N-methyl/N-ethyl adjacent to an activating group) is 1. The molecule has 27 heavy (non-hydrogen) atoms. The van der Waals surface area contributed by atoms with Crippen LogP contribution in [0.1, 0.15) is 25.0 Å². The first-order valence-corrected chi connectivity index (χ1v) is 9.21. The minimum atomic E-state index is -0.133. The molecule has 5 heteroatoms. The highest BCUT2D eigenvalue weighted by Gasteiger charge is 2.24. The van der Waals surface area contributed by atoms with Crippen molar-refractivity contribution in [3.8, 4) is 11.1 Å². The van der Waals surface area contributed by atoms with Gasteiger partial charge in [-0.15, -0.1) is 0 Å². The minimum Gasteiger partial charge on any atom is -0.371 e. The van der Waals surface area contributed by atoms with Crippen LogP contribution in [-0.2, 0) is 11.2 Å². The van der Waals surface area contributed by atoms with Gasteiger partial charge in [-0.3, -0.25) is 9.59 Å². The molecule has 0 radical (unpaired) electrons. The second-order valence-electron chi connectivity index (χ2n) is 7.38. The van der Waals surface area contributed by atoms with Crippen molar-refractivity contribution in [2.75, 3.05) is 18.5 Å². The van der Waals surface area contributed by atoms with Gasteiger partial charge in [0, 0.05) is 48.8 Å². The fourth-order valence-electron chi connectivity index (χ4n) is 3.58. The largest absolute Gasteiger partial charge is 0.371 e. The Morgan fingerprint density at radius 1 is 1.11 bits per heavy atom. The number of aromatic nitrogens is 1. The Morgan fingerprint density at radius 2 is 1.93 bits per heavy atom. The van der Waals surface area contributed by atoms with Crippen LogP contribution in [0.4, 0.5) is 5.69 Å². The zero-order valence-corrected chi connectivity index (χ0v) is 15.8. The number of amides is 1. The number of nitrogens with one attached hydrogen (secondary N) is 1. The lowest BCUT2D eigenvalue weighted by Gasteiger charge is -2.27. The zero-order chi connectivity index (χ0) is 19.1. The van der Waals surface area contributed by atoms with E-state index in [0.29, 0.717) is 18.0 Å². The molecule has 0 aliphatic carbocycles. The third-order valence-electron chi connectivity index (χ3n) is 5.29. The van der Waals surface area contributed by atoms with Gasteiger partial charge in [-0.1, -0.05) is 24.3 Å². The van der Waals surface area contributed by atoms with Gasteiger partial charge in [0.1, 0.15) is 0 Å². The Hall–Kier alpha value is -3.08. The SMILES string of the molecule is CC(C)N1C=C(c2c[nH]c(=O)c(-c3ccc4c(c3)N(C)C(=O)C4)c2)C=CC1. The summed E-state index contributed by atoms with van der Waals surface area (Å²) in [6.45, 7) is 5.21. The molecule has 2 aliphatic rings. The van der Waals surface area contributed by atoms with E-state index in [1.165, 1.54) is 0 Å². The summed E-state index contributed by atoms with van der Waals surface area (Å²) >= 11 is 0. The number of allylic oxidation sites excluding steroid dienone is 2. The second-order valence-corrected chi connectivity index (χ2v) is 7.38. The van der Waals surface area contributed by atoms with Crippen LogP contribution in [0.2, 0.25) is 0 Å². The van der Waals surface area contributed by atoms with Crippen molar-refractivity contribution in [2.24, 2.45) is 0 Å². The molecule has 0 unspecified atom stereocenters. The number of H-pyrrole nitrogens is 1. The number of fused-ring (bicyclic) bond motifs is 1. The number of rotatable bonds is 3. The van der Waals surface area contributed by atoms with Crippen LogP contribution in [-0.4, -0.2) is 35.4 Å². The Labute approximate surface area is 158 Å². The summed E-state index contributed by atoms with van der Waals surface area (Å²) in [6.07, 6.45) is 8.54. The van der Waals surface area contributed by atoms with Gasteiger partial charge >= 0.3 is 0 Å². The molecule has 1 amide bonds. The van der Waals surface area contributed by atoms with E-state index in [1.54, 1.807) is 18.1 Å². The lowest BCUT2D eigenvalue weighted by molar-refractivity contribution is -0.117. The van der Waals surface area contributed by atoms with E-state index >= 15 is 0 Å². The summed E-state index contributed by atoms with van der Waals surface area (Å²) < 4.78 is 0. The standard InChI is InChI=1S/C22H23N3O2/c1-14(2)25-8-4-5-17(13-25)18-9-19(22(27)23-12-18)15-6-7-16-11-21(26)24(3)20(16)10-15/h4-7,9-10,12-14H,8,11H2,1-3H3,(H,23,27). The number of hydrogen-bond acceptors (Lipinski definition) is 3. The molecule has 4 rings (SSSR count). The Bertz CT molecular complexity index is 1030. The average molecular weight is 361 g/mol. The first-order chi connectivity index (χ1) is 12.9. The number of anilines is 1. The van der Waals surface area contributed by atoms with Gasteiger partial charge in [0.05, 0.1) is 6.42 Å². The van der Waals surface area contributed by atoms with Crippen LogP contribution in [0.5, 0.6) is 0 Å². The van der Waals surface area contributed by atoms with Gasteiger partial charge in [0.15, 0.2) is 0 Å². The number of pyridine rings is 1. The molecule has 3 heterocycles. The van der Waals surface area contributed by atoms with E-state index in [-0.39, 0.29) is 11.5 Å². The predicted octanol–water partition coefficient (Wildman–Crippen LogP) is 3.18. The third-order valence-corrected chi connectivity index (χ3v) is 5.29. The molecule has 0 bridgehead atoms. The van der Waals surface area contributed by atoms with Gasteiger partial charge in [0.2, 0.25) is 5.91 Å². The number of benzene rings is 1. The normalized spacial score (nSPS) is 16.1. The van der Waals surface area contributed by atoms with Crippen molar-refractivity contribution in [2.45, 2.75) is 26.3 Å². The highest BCUT2D eigenvalue weighted by Crippen LogP contribution is 2.32. The van der Waals surface area contributed by atoms with Gasteiger partial charge in [-0.05, 0) is 42.7 Å². The lowest BCUT2D eigenvalue weighted by atomic mass is 9.99. The number of hydrogen-bond donors (Lipinski definition) is 1. The summed E-state index contributed by atoms with van der Waals surface area (Å²) in [7, 11) is 1.77. The van der Waals surface area contributed by atoms with E-state index in [2.05, 4.69) is 42.1 Å². The molecule has 0 atom stereocenters.